The Morgan fingerprint density at radius 2 is 1.71 bits per heavy atom. The van der Waals surface area contributed by atoms with E-state index in [1.54, 1.807) is 35.0 Å². The van der Waals surface area contributed by atoms with E-state index in [0.717, 1.165) is 12.1 Å². The average Bonchev–Trinajstić information content (AvgIpc) is 3.56. The minimum absolute atomic E-state index is 0.0555. The molecule has 0 saturated carbocycles. The molecule has 0 unspecified atom stereocenters. The van der Waals surface area contributed by atoms with Crippen LogP contribution in [0.1, 0.15) is 12.6 Å². The van der Waals surface area contributed by atoms with Crippen LogP contribution in [0.25, 0.3) is 5.69 Å². The van der Waals surface area contributed by atoms with Crippen molar-refractivity contribution in [2.45, 2.75) is 32.0 Å². The maximum atomic E-state index is 12.3. The summed E-state index contributed by atoms with van der Waals surface area (Å²) in [6.45, 7) is 2.43. The third kappa shape index (κ3) is 5.77. The van der Waals surface area contributed by atoms with Crippen LogP contribution >= 0.6 is 0 Å². The second kappa shape index (κ2) is 9.57. The van der Waals surface area contributed by atoms with E-state index in [1.165, 1.54) is 23.0 Å². The first kappa shape index (κ1) is 24.9. The van der Waals surface area contributed by atoms with Gasteiger partial charge in [0.15, 0.2) is 5.60 Å². The number of hydrogen-bond acceptors (Lipinski definition) is 9. The molecule has 5 rings (SSSR count). The van der Waals surface area contributed by atoms with Crippen LogP contribution in [0.4, 0.5) is 19.0 Å². The maximum Gasteiger partial charge on any atom is 0.573 e. The molecule has 0 N–H and O–H groups in total. The van der Waals surface area contributed by atoms with Crippen LogP contribution < -0.4 is 18.9 Å². The first-order valence-electron chi connectivity index (χ1n) is 11.1. The summed E-state index contributed by atoms with van der Waals surface area (Å²) in [4.78, 5) is 14.1. The molecule has 3 heterocycles. The lowest BCUT2D eigenvalue weighted by Crippen LogP contribution is -2.38. The zero-order valence-electron chi connectivity index (χ0n) is 19.7. The first-order valence-corrected chi connectivity index (χ1v) is 11.1. The molecule has 4 aromatic rings. The van der Waals surface area contributed by atoms with E-state index in [-0.39, 0.29) is 30.8 Å². The van der Waals surface area contributed by atoms with Crippen molar-refractivity contribution in [3.05, 3.63) is 76.7 Å². The van der Waals surface area contributed by atoms with Gasteiger partial charge in [-0.15, -0.1) is 18.3 Å². The molecule has 1 atom stereocenters. The quantitative estimate of drug-likeness (QED) is 0.231. The second-order valence-corrected chi connectivity index (χ2v) is 8.56. The molecule has 0 saturated heterocycles. The van der Waals surface area contributed by atoms with E-state index in [2.05, 4.69) is 20.0 Å². The number of rotatable bonds is 9. The van der Waals surface area contributed by atoms with Gasteiger partial charge in [0, 0.05) is 4.98 Å². The van der Waals surface area contributed by atoms with Crippen molar-refractivity contribution in [2.24, 2.45) is 0 Å². The number of halogens is 3. The molecule has 0 bridgehead atoms. The highest BCUT2D eigenvalue weighted by atomic mass is 19.4. The van der Waals surface area contributed by atoms with Crippen molar-refractivity contribution in [1.82, 2.24) is 24.5 Å². The summed E-state index contributed by atoms with van der Waals surface area (Å²) in [5.41, 5.74) is 0.480. The van der Waals surface area contributed by atoms with Gasteiger partial charge in [0.05, 0.1) is 18.4 Å². The zero-order chi connectivity index (χ0) is 26.9. The van der Waals surface area contributed by atoms with Crippen LogP contribution in [0.3, 0.4) is 0 Å². The lowest BCUT2D eigenvalue weighted by Gasteiger charge is -2.22. The highest BCUT2D eigenvalue weighted by molar-refractivity contribution is 5.37. The third-order valence-corrected chi connectivity index (χ3v) is 5.39. The molecule has 38 heavy (non-hydrogen) atoms. The molecule has 1 aliphatic rings. The van der Waals surface area contributed by atoms with Crippen LogP contribution in [-0.4, -0.2) is 48.0 Å². The topological polar surface area (TPSA) is 129 Å². The monoisotopic (exact) mass is 532 g/mol. The Kier molecular flexibility index (Phi) is 6.26. The van der Waals surface area contributed by atoms with Crippen molar-refractivity contribution in [3.8, 4) is 28.9 Å². The molecule has 0 amide bonds. The average molecular weight is 532 g/mol. The number of fused-ring (bicyclic) bond motifs is 1. The predicted octanol–water partition coefficient (Wildman–Crippen LogP) is 4.08. The Hall–Kier alpha value is -4.82. The minimum atomic E-state index is -4.76. The number of aromatic nitrogens is 5. The summed E-state index contributed by atoms with van der Waals surface area (Å²) < 4.78 is 60.9. The van der Waals surface area contributed by atoms with Gasteiger partial charge in [0.2, 0.25) is 0 Å². The molecule has 15 heteroatoms. The minimum Gasteiger partial charge on any atom is -0.489 e. The highest BCUT2D eigenvalue weighted by Gasteiger charge is 2.41. The molecule has 1 aliphatic heterocycles. The van der Waals surface area contributed by atoms with Gasteiger partial charge in [0.1, 0.15) is 42.4 Å². The van der Waals surface area contributed by atoms with Crippen LogP contribution in [0.2, 0.25) is 0 Å². The van der Waals surface area contributed by atoms with Crippen LogP contribution in [0.15, 0.2) is 60.9 Å². The number of benzene rings is 2. The number of imidazole rings is 1. The van der Waals surface area contributed by atoms with Gasteiger partial charge < -0.3 is 29.1 Å². The molecule has 12 nitrogen and oxygen atoms in total. The van der Waals surface area contributed by atoms with Gasteiger partial charge in [-0.1, -0.05) is 5.21 Å². The molecular formula is C23H19F3N6O6. The highest BCUT2D eigenvalue weighted by Crippen LogP contribution is 2.31. The molecule has 198 valence electrons. The van der Waals surface area contributed by atoms with Gasteiger partial charge in [0.25, 0.3) is 0 Å². The van der Waals surface area contributed by atoms with Gasteiger partial charge >= 0.3 is 18.2 Å². The van der Waals surface area contributed by atoms with Gasteiger partial charge in [-0.2, -0.15) is 0 Å². The largest absolute Gasteiger partial charge is 0.573 e. The number of alkyl halides is 3. The summed E-state index contributed by atoms with van der Waals surface area (Å²) in [7, 11) is 0. The zero-order valence-corrected chi connectivity index (χ0v) is 19.7. The Morgan fingerprint density at radius 3 is 2.37 bits per heavy atom. The van der Waals surface area contributed by atoms with Crippen LogP contribution in [-0.2, 0) is 13.2 Å². The Morgan fingerprint density at radius 1 is 1.05 bits per heavy atom. The number of hydrogen-bond donors (Lipinski definition) is 0. The van der Waals surface area contributed by atoms with Crippen LogP contribution in [0, 0.1) is 10.1 Å². The Labute approximate surface area is 212 Å². The molecule has 0 aliphatic carbocycles. The Bertz CT molecular complexity index is 1410. The molecule has 0 radical (unpaired) electrons. The summed E-state index contributed by atoms with van der Waals surface area (Å²) in [6, 6.07) is 12.3. The van der Waals surface area contributed by atoms with Gasteiger partial charge in [-0.3, -0.25) is 4.57 Å². The summed E-state index contributed by atoms with van der Waals surface area (Å²) in [5, 5.41) is 19.0. The third-order valence-electron chi connectivity index (χ3n) is 5.39. The molecular weight excluding hydrogens is 513 g/mol. The van der Waals surface area contributed by atoms with Crippen molar-refractivity contribution < 1.29 is 37.0 Å². The fourth-order valence-electron chi connectivity index (χ4n) is 3.67. The summed E-state index contributed by atoms with van der Waals surface area (Å²) in [5.74, 6) is 0.314. The van der Waals surface area contributed by atoms with E-state index in [0.29, 0.717) is 29.4 Å². The summed E-state index contributed by atoms with van der Waals surface area (Å²) in [6.07, 6.45) is -1.77. The SMILES string of the molecule is C[C@]1(COc2ccc(-n3cc(COc4ccc(OC(F)(F)F)cc4)nn3)cc2)Cn2cc([N+](=O)[O-])nc2O1. The van der Waals surface area contributed by atoms with Gasteiger partial charge in [-0.25, -0.2) is 4.68 Å². The number of nitro groups is 1. The lowest BCUT2D eigenvalue weighted by molar-refractivity contribution is -0.389. The van der Waals surface area contributed by atoms with Crippen molar-refractivity contribution >= 4 is 5.82 Å². The van der Waals surface area contributed by atoms with Crippen molar-refractivity contribution in [3.63, 3.8) is 0 Å². The van der Waals surface area contributed by atoms with E-state index in [9.17, 15) is 23.3 Å². The van der Waals surface area contributed by atoms with E-state index in [4.69, 9.17) is 14.2 Å². The normalized spacial score (nSPS) is 16.5. The Balaban J connectivity index is 1.12. The predicted molar refractivity (Wildman–Crippen MR) is 122 cm³/mol. The fourth-order valence-corrected chi connectivity index (χ4v) is 3.67. The maximum absolute atomic E-state index is 12.3. The van der Waals surface area contributed by atoms with Crippen molar-refractivity contribution in [2.75, 3.05) is 6.61 Å². The van der Waals surface area contributed by atoms with E-state index in [1.807, 2.05) is 6.92 Å². The van der Waals surface area contributed by atoms with E-state index < -0.39 is 16.9 Å². The standard InChI is InChI=1S/C23H19F3N6O6/c1-22(13-30-11-20(32(33)34)27-21(30)38-22)14-36-18-4-2-16(3-5-18)31-10-15(28-29-31)12-35-17-6-8-19(9-7-17)37-23(24,25)26/h2-11H,12-14H2,1H3/t22-/m1/s1. The number of nitrogens with zero attached hydrogens (tertiary/aromatic N) is 6. The summed E-state index contributed by atoms with van der Waals surface area (Å²) >= 11 is 0. The fraction of sp³-hybridized carbons (Fsp3) is 0.261. The van der Waals surface area contributed by atoms with Crippen molar-refractivity contribution in [1.29, 1.82) is 0 Å². The smallest absolute Gasteiger partial charge is 0.489 e. The lowest BCUT2D eigenvalue weighted by atomic mass is 10.1. The molecule has 0 fully saturated rings. The van der Waals surface area contributed by atoms with E-state index >= 15 is 0 Å². The van der Waals surface area contributed by atoms with Crippen LogP contribution in [0.5, 0.6) is 23.3 Å². The van der Waals surface area contributed by atoms with Gasteiger partial charge in [-0.05, 0) is 60.4 Å². The second-order valence-electron chi connectivity index (χ2n) is 8.56. The molecule has 0 spiro atoms. The molecule has 2 aromatic heterocycles. The number of ether oxygens (including phenoxy) is 4. The first-order chi connectivity index (χ1) is 18.1. The molecule has 2 aromatic carbocycles.